The molecule has 2 aromatic carbocycles. The van der Waals surface area contributed by atoms with Crippen LogP contribution in [0.4, 0.5) is 5.69 Å². The van der Waals surface area contributed by atoms with Crippen LogP contribution in [0.2, 0.25) is 0 Å². The van der Waals surface area contributed by atoms with Gasteiger partial charge in [-0.2, -0.15) is 0 Å². The molecule has 1 saturated heterocycles. The predicted octanol–water partition coefficient (Wildman–Crippen LogP) is 4.05. The Morgan fingerprint density at radius 3 is 2.79 bits per heavy atom. The first-order chi connectivity index (χ1) is 16.0. The molecule has 2 aliphatic rings. The number of ether oxygens (including phenoxy) is 1. The molecule has 3 aromatic rings. The zero-order valence-corrected chi connectivity index (χ0v) is 18.0. The molecule has 1 aromatic heterocycles. The highest BCUT2D eigenvalue weighted by Gasteiger charge is 2.47. The number of benzene rings is 2. The Kier molecular flexibility index (Phi) is 5.09. The molecule has 166 valence electrons. The van der Waals surface area contributed by atoms with Crippen molar-refractivity contribution in [1.29, 1.82) is 0 Å². The van der Waals surface area contributed by atoms with Crippen molar-refractivity contribution < 1.29 is 24.5 Å². The van der Waals surface area contributed by atoms with Crippen molar-refractivity contribution in [3.63, 3.8) is 0 Å². The fourth-order valence-corrected chi connectivity index (χ4v) is 4.42. The van der Waals surface area contributed by atoms with Crippen molar-refractivity contribution >= 4 is 23.1 Å². The van der Waals surface area contributed by atoms with Crippen molar-refractivity contribution in [1.82, 2.24) is 4.98 Å². The molecule has 7 heteroatoms. The van der Waals surface area contributed by atoms with Crippen LogP contribution in [0.3, 0.4) is 0 Å². The van der Waals surface area contributed by atoms with E-state index in [1.165, 1.54) is 11.0 Å². The Labute approximate surface area is 190 Å². The lowest BCUT2D eigenvalue weighted by Gasteiger charge is -2.26. The number of anilines is 1. The quantitative estimate of drug-likeness (QED) is 0.361. The van der Waals surface area contributed by atoms with Gasteiger partial charge in [0.2, 0.25) is 0 Å². The van der Waals surface area contributed by atoms with Crippen LogP contribution >= 0.6 is 0 Å². The number of hydrogen-bond acceptors (Lipinski definition) is 6. The molecule has 0 spiro atoms. The summed E-state index contributed by atoms with van der Waals surface area (Å²) in [6.45, 7) is 2.47. The summed E-state index contributed by atoms with van der Waals surface area (Å²) in [6, 6.07) is 12.6. The smallest absolute Gasteiger partial charge is 0.300 e. The van der Waals surface area contributed by atoms with E-state index in [1.807, 2.05) is 6.92 Å². The molecule has 1 unspecified atom stereocenters. The Bertz CT molecular complexity index is 1300. The second-order valence-electron chi connectivity index (χ2n) is 8.22. The summed E-state index contributed by atoms with van der Waals surface area (Å²) in [5.41, 5.74) is 2.87. The zero-order chi connectivity index (χ0) is 23.1. The lowest BCUT2D eigenvalue weighted by molar-refractivity contribution is -0.132. The minimum Gasteiger partial charge on any atom is -0.507 e. The number of fused-ring (bicyclic) bond motifs is 1. The van der Waals surface area contributed by atoms with Gasteiger partial charge in [0.05, 0.1) is 23.9 Å². The third kappa shape index (κ3) is 3.51. The molecule has 33 heavy (non-hydrogen) atoms. The number of carbonyl (C=O) groups excluding carboxylic acids is 2. The Morgan fingerprint density at radius 2 is 2.00 bits per heavy atom. The summed E-state index contributed by atoms with van der Waals surface area (Å²) in [5, 5.41) is 21.8. The minimum absolute atomic E-state index is 0.0504. The van der Waals surface area contributed by atoms with Crippen molar-refractivity contribution in [2.75, 3.05) is 11.5 Å². The maximum atomic E-state index is 13.2. The van der Waals surface area contributed by atoms with Crippen LogP contribution in [-0.2, 0) is 16.0 Å². The van der Waals surface area contributed by atoms with Crippen LogP contribution in [-0.4, -0.2) is 33.5 Å². The van der Waals surface area contributed by atoms with E-state index >= 15 is 0 Å². The number of Topliss-reactive ketones (excluding diaryl/α,β-unsaturated/α-hetero) is 1. The number of aliphatic hydroxyl groups excluding tert-OH is 1. The number of carbonyl (C=O) groups is 2. The van der Waals surface area contributed by atoms with Gasteiger partial charge in [-0.1, -0.05) is 12.1 Å². The lowest BCUT2D eigenvalue weighted by atomic mass is 9.94. The van der Waals surface area contributed by atoms with Crippen LogP contribution in [0.1, 0.15) is 34.7 Å². The number of aryl methyl sites for hydroxylation is 2. The molecule has 1 fully saturated rings. The maximum Gasteiger partial charge on any atom is 0.300 e. The summed E-state index contributed by atoms with van der Waals surface area (Å²) in [7, 11) is 0. The standard InChI is InChI=1S/C26H22N2O5/c1-15-6-8-20(29)19(12-15)28-23(18-4-2-10-27-14-18)22(25(31)26(28)32)24(30)17-7-9-21-16(13-17)5-3-11-33-21/h2,4,6-10,12-14,23,29-30H,3,5,11H2,1H3/b24-22-. The number of amides is 1. The number of pyridine rings is 1. The first-order valence-electron chi connectivity index (χ1n) is 10.7. The number of phenolic OH excluding ortho intramolecular Hbond substituents is 1. The number of phenols is 1. The van der Waals surface area contributed by atoms with E-state index in [-0.39, 0.29) is 22.8 Å². The number of ketones is 1. The molecule has 0 bridgehead atoms. The molecule has 2 aliphatic heterocycles. The van der Waals surface area contributed by atoms with Crippen LogP contribution < -0.4 is 9.64 Å². The van der Waals surface area contributed by atoms with Gasteiger partial charge in [-0.05, 0) is 72.9 Å². The van der Waals surface area contributed by atoms with Gasteiger partial charge in [0.1, 0.15) is 17.3 Å². The van der Waals surface area contributed by atoms with Gasteiger partial charge in [0.15, 0.2) is 0 Å². The monoisotopic (exact) mass is 442 g/mol. The molecule has 0 radical (unpaired) electrons. The molecule has 0 aliphatic carbocycles. The molecule has 2 N–H and O–H groups in total. The van der Waals surface area contributed by atoms with E-state index in [4.69, 9.17) is 4.74 Å². The van der Waals surface area contributed by atoms with Gasteiger partial charge in [0.25, 0.3) is 11.7 Å². The van der Waals surface area contributed by atoms with E-state index in [9.17, 15) is 19.8 Å². The topological polar surface area (TPSA) is 100.0 Å². The summed E-state index contributed by atoms with van der Waals surface area (Å²) in [4.78, 5) is 31.8. The van der Waals surface area contributed by atoms with Crippen LogP contribution in [0.25, 0.3) is 5.76 Å². The summed E-state index contributed by atoms with van der Waals surface area (Å²) in [5.74, 6) is -1.30. The third-order valence-corrected chi connectivity index (χ3v) is 6.02. The highest BCUT2D eigenvalue weighted by molar-refractivity contribution is 6.51. The molecule has 5 rings (SSSR count). The molecule has 1 amide bonds. The van der Waals surface area contributed by atoms with Gasteiger partial charge in [-0.25, -0.2) is 0 Å². The largest absolute Gasteiger partial charge is 0.507 e. The van der Waals surface area contributed by atoms with E-state index in [0.717, 1.165) is 29.7 Å². The molecule has 3 heterocycles. The average Bonchev–Trinajstić information content (AvgIpc) is 3.10. The van der Waals surface area contributed by atoms with Gasteiger partial charge in [-0.15, -0.1) is 0 Å². The van der Waals surface area contributed by atoms with Crippen molar-refractivity contribution in [3.05, 3.63) is 88.8 Å². The van der Waals surface area contributed by atoms with Gasteiger partial charge < -0.3 is 14.9 Å². The number of rotatable bonds is 3. The lowest BCUT2D eigenvalue weighted by Crippen LogP contribution is -2.29. The van der Waals surface area contributed by atoms with E-state index in [0.29, 0.717) is 17.7 Å². The van der Waals surface area contributed by atoms with Crippen molar-refractivity contribution in [3.8, 4) is 11.5 Å². The fraction of sp³-hybridized carbons (Fsp3) is 0.192. The average molecular weight is 442 g/mol. The Morgan fingerprint density at radius 1 is 1.15 bits per heavy atom. The number of aromatic hydroxyl groups is 1. The Balaban J connectivity index is 1.71. The molecule has 0 saturated carbocycles. The number of hydrogen-bond donors (Lipinski definition) is 2. The van der Waals surface area contributed by atoms with Crippen LogP contribution in [0.5, 0.6) is 11.5 Å². The van der Waals surface area contributed by atoms with Gasteiger partial charge >= 0.3 is 0 Å². The van der Waals surface area contributed by atoms with Crippen LogP contribution in [0.15, 0.2) is 66.5 Å². The number of aliphatic hydroxyl groups is 1. The van der Waals surface area contributed by atoms with Crippen molar-refractivity contribution in [2.45, 2.75) is 25.8 Å². The van der Waals surface area contributed by atoms with E-state index in [2.05, 4.69) is 4.98 Å². The van der Waals surface area contributed by atoms with Crippen molar-refractivity contribution in [2.24, 2.45) is 0 Å². The third-order valence-electron chi connectivity index (χ3n) is 6.02. The maximum absolute atomic E-state index is 13.2. The number of aromatic nitrogens is 1. The first kappa shape index (κ1) is 20.8. The molecule has 1 atom stereocenters. The summed E-state index contributed by atoms with van der Waals surface area (Å²) >= 11 is 0. The number of nitrogens with zero attached hydrogens (tertiary/aromatic N) is 2. The second kappa shape index (κ2) is 8.09. The predicted molar refractivity (Wildman–Crippen MR) is 122 cm³/mol. The highest BCUT2D eigenvalue weighted by atomic mass is 16.5. The molecule has 7 nitrogen and oxygen atoms in total. The fourth-order valence-electron chi connectivity index (χ4n) is 4.42. The van der Waals surface area contributed by atoms with Crippen LogP contribution in [0, 0.1) is 6.92 Å². The molecular weight excluding hydrogens is 420 g/mol. The zero-order valence-electron chi connectivity index (χ0n) is 18.0. The van der Waals surface area contributed by atoms with E-state index < -0.39 is 17.7 Å². The SMILES string of the molecule is Cc1ccc(O)c(N2C(=O)C(=O)/C(=C(\O)c3ccc4c(c3)CCCO4)C2c2cccnc2)c1. The molecular formula is C26H22N2O5. The first-order valence-corrected chi connectivity index (χ1v) is 10.7. The summed E-state index contributed by atoms with van der Waals surface area (Å²) in [6.07, 6.45) is 4.80. The minimum atomic E-state index is -0.946. The normalized spacial score (nSPS) is 19.3. The van der Waals surface area contributed by atoms with Gasteiger partial charge in [-0.3, -0.25) is 19.5 Å². The van der Waals surface area contributed by atoms with Gasteiger partial charge in [0, 0.05) is 18.0 Å². The van der Waals surface area contributed by atoms with E-state index in [1.54, 1.807) is 54.9 Å². The second-order valence-corrected chi connectivity index (χ2v) is 8.22. The Hall–Kier alpha value is -4.13. The highest BCUT2D eigenvalue weighted by Crippen LogP contribution is 2.45. The summed E-state index contributed by atoms with van der Waals surface area (Å²) < 4.78 is 5.65.